The first-order valence-corrected chi connectivity index (χ1v) is 14.7. The van der Waals surface area contributed by atoms with Crippen LogP contribution in [0.15, 0.2) is 48.5 Å². The van der Waals surface area contributed by atoms with Crippen LogP contribution in [-0.2, 0) is 4.74 Å². The molecule has 0 fully saturated rings. The van der Waals surface area contributed by atoms with E-state index in [1.807, 2.05) is 30.3 Å². The molecule has 0 unspecified atom stereocenters. The molecule has 206 valence electrons. The lowest BCUT2D eigenvalue weighted by molar-refractivity contribution is 0.0602. The standard InChI is InChI=1S/C35H43NO3/c1-6-8-10-12-20-36(21-13-11-9-7-2)34(37)29-22-26-23-30(35(38)39-5)28-19-15-17-25(4)32(28)33(26)31-24(3)16-14-18-27(29)31/h14-19,22-23H,6-13,20-21H2,1-5H3. The predicted molar refractivity (Wildman–Crippen MR) is 164 cm³/mol. The first-order valence-electron chi connectivity index (χ1n) is 14.7. The average molecular weight is 526 g/mol. The highest BCUT2D eigenvalue weighted by molar-refractivity contribution is 6.28. The molecular weight excluding hydrogens is 482 g/mol. The van der Waals surface area contributed by atoms with Crippen molar-refractivity contribution in [2.45, 2.75) is 79.1 Å². The van der Waals surface area contributed by atoms with Crippen LogP contribution in [0.4, 0.5) is 0 Å². The maximum Gasteiger partial charge on any atom is 0.338 e. The molecule has 0 spiro atoms. The van der Waals surface area contributed by atoms with Crippen molar-refractivity contribution in [1.82, 2.24) is 4.90 Å². The summed E-state index contributed by atoms with van der Waals surface area (Å²) in [5, 5.41) is 5.99. The summed E-state index contributed by atoms with van der Waals surface area (Å²) in [6.07, 6.45) is 9.06. The minimum atomic E-state index is -0.362. The van der Waals surface area contributed by atoms with Gasteiger partial charge in [-0.2, -0.15) is 0 Å². The molecule has 4 aromatic rings. The number of aryl methyl sites for hydroxylation is 2. The van der Waals surface area contributed by atoms with E-state index in [9.17, 15) is 9.59 Å². The van der Waals surface area contributed by atoms with Crippen LogP contribution >= 0.6 is 0 Å². The van der Waals surface area contributed by atoms with E-state index in [0.717, 1.165) is 87.8 Å². The van der Waals surface area contributed by atoms with Gasteiger partial charge in [-0.3, -0.25) is 4.79 Å². The van der Waals surface area contributed by atoms with Gasteiger partial charge in [0.2, 0.25) is 0 Å². The molecule has 0 bridgehead atoms. The quantitative estimate of drug-likeness (QED) is 0.105. The Morgan fingerprint density at radius 1 is 0.692 bits per heavy atom. The largest absolute Gasteiger partial charge is 0.465 e. The van der Waals surface area contributed by atoms with Crippen molar-refractivity contribution >= 4 is 44.2 Å². The molecule has 0 heterocycles. The molecule has 0 aliphatic rings. The maximum atomic E-state index is 14.3. The minimum absolute atomic E-state index is 0.0880. The van der Waals surface area contributed by atoms with Crippen molar-refractivity contribution in [3.8, 4) is 0 Å². The molecule has 0 saturated heterocycles. The number of esters is 1. The Labute approximate surface area is 233 Å². The van der Waals surface area contributed by atoms with Crippen molar-refractivity contribution < 1.29 is 14.3 Å². The fourth-order valence-corrected chi connectivity index (χ4v) is 5.91. The molecule has 4 rings (SSSR count). The number of hydrogen-bond donors (Lipinski definition) is 0. The van der Waals surface area contributed by atoms with Crippen LogP contribution in [-0.4, -0.2) is 37.0 Å². The van der Waals surface area contributed by atoms with Crippen molar-refractivity contribution in [2.75, 3.05) is 20.2 Å². The van der Waals surface area contributed by atoms with Gasteiger partial charge >= 0.3 is 5.97 Å². The van der Waals surface area contributed by atoms with Crippen molar-refractivity contribution in [3.05, 3.63) is 70.8 Å². The lowest BCUT2D eigenvalue weighted by Gasteiger charge is -2.25. The third-order valence-corrected chi connectivity index (χ3v) is 8.00. The molecule has 0 atom stereocenters. The Hall–Kier alpha value is -3.40. The summed E-state index contributed by atoms with van der Waals surface area (Å²) < 4.78 is 5.17. The van der Waals surface area contributed by atoms with Crippen LogP contribution in [0, 0.1) is 13.8 Å². The average Bonchev–Trinajstić information content (AvgIpc) is 2.94. The summed E-state index contributed by atoms with van der Waals surface area (Å²) in [5.41, 5.74) is 3.47. The number of ether oxygens (including phenoxy) is 1. The number of carbonyl (C=O) groups excluding carboxylic acids is 2. The van der Waals surface area contributed by atoms with E-state index >= 15 is 0 Å². The summed E-state index contributed by atoms with van der Waals surface area (Å²) in [7, 11) is 1.42. The van der Waals surface area contributed by atoms with Crippen LogP contribution in [0.3, 0.4) is 0 Å². The summed E-state index contributed by atoms with van der Waals surface area (Å²) in [6.45, 7) is 10.2. The fraction of sp³-hybridized carbons (Fsp3) is 0.429. The van der Waals surface area contributed by atoms with Crippen LogP contribution < -0.4 is 0 Å². The topological polar surface area (TPSA) is 46.6 Å². The molecule has 4 aromatic carbocycles. The molecule has 39 heavy (non-hydrogen) atoms. The van der Waals surface area contributed by atoms with E-state index in [1.165, 1.54) is 32.8 Å². The summed E-state index contributed by atoms with van der Waals surface area (Å²) >= 11 is 0. The summed E-state index contributed by atoms with van der Waals surface area (Å²) in [5.74, 6) is -0.274. The second-order valence-electron chi connectivity index (χ2n) is 10.8. The molecule has 0 aliphatic carbocycles. The molecule has 0 aliphatic heterocycles. The predicted octanol–water partition coefficient (Wildman–Crippen LogP) is 9.15. The SMILES string of the molecule is CCCCCCN(CCCCCC)C(=O)c1cc2cc(C(=O)OC)c3cccc(C)c3c2c2c(C)cccc12. The molecule has 0 radical (unpaired) electrons. The van der Waals surface area contributed by atoms with Crippen molar-refractivity contribution in [2.24, 2.45) is 0 Å². The lowest BCUT2D eigenvalue weighted by atomic mass is 9.87. The van der Waals surface area contributed by atoms with Crippen molar-refractivity contribution in [3.63, 3.8) is 0 Å². The summed E-state index contributed by atoms with van der Waals surface area (Å²) in [4.78, 5) is 29.2. The van der Waals surface area contributed by atoms with Crippen molar-refractivity contribution in [1.29, 1.82) is 0 Å². The molecule has 4 heteroatoms. The third kappa shape index (κ3) is 5.95. The second kappa shape index (κ2) is 13.1. The highest BCUT2D eigenvalue weighted by Crippen LogP contribution is 2.39. The monoisotopic (exact) mass is 525 g/mol. The van der Waals surface area contributed by atoms with Gasteiger partial charge in [0.25, 0.3) is 5.91 Å². The van der Waals surface area contributed by atoms with E-state index in [1.54, 1.807) is 0 Å². The number of hydrogen-bond acceptors (Lipinski definition) is 3. The molecule has 4 nitrogen and oxygen atoms in total. The van der Waals surface area contributed by atoms with Gasteiger partial charge in [0.1, 0.15) is 0 Å². The number of carbonyl (C=O) groups is 2. The first kappa shape index (κ1) is 28.6. The van der Waals surface area contributed by atoms with Crippen LogP contribution in [0.1, 0.15) is 97.1 Å². The van der Waals surface area contributed by atoms with Crippen LogP contribution in [0.25, 0.3) is 32.3 Å². The van der Waals surface area contributed by atoms with Gasteiger partial charge in [-0.1, -0.05) is 88.8 Å². The van der Waals surface area contributed by atoms with E-state index < -0.39 is 0 Å². The van der Waals surface area contributed by atoms with Gasteiger partial charge in [-0.25, -0.2) is 4.79 Å². The number of methoxy groups -OCH3 is 1. The normalized spacial score (nSPS) is 11.4. The van der Waals surface area contributed by atoms with E-state index in [4.69, 9.17) is 4.74 Å². The van der Waals surface area contributed by atoms with Gasteiger partial charge < -0.3 is 9.64 Å². The number of unbranched alkanes of at least 4 members (excludes halogenated alkanes) is 6. The van der Waals surface area contributed by atoms with Crippen LogP contribution in [0.2, 0.25) is 0 Å². The molecule has 1 amide bonds. The van der Waals surface area contributed by atoms with E-state index in [0.29, 0.717) is 5.56 Å². The lowest BCUT2D eigenvalue weighted by Crippen LogP contribution is -2.33. The summed E-state index contributed by atoms with van der Waals surface area (Å²) in [6, 6.07) is 16.2. The van der Waals surface area contributed by atoms with Gasteiger partial charge in [-0.15, -0.1) is 0 Å². The van der Waals surface area contributed by atoms with Gasteiger partial charge in [-0.05, 0) is 82.3 Å². The third-order valence-electron chi connectivity index (χ3n) is 8.00. The number of benzene rings is 4. The van der Waals surface area contributed by atoms with Gasteiger partial charge in [0.15, 0.2) is 0 Å². The number of rotatable bonds is 12. The first-order chi connectivity index (χ1) is 18.9. The number of nitrogens with zero attached hydrogens (tertiary/aromatic N) is 1. The van der Waals surface area contributed by atoms with E-state index in [-0.39, 0.29) is 11.9 Å². The molecule has 0 saturated carbocycles. The van der Waals surface area contributed by atoms with Gasteiger partial charge in [0.05, 0.1) is 12.7 Å². The number of amides is 1. The highest BCUT2D eigenvalue weighted by atomic mass is 16.5. The van der Waals surface area contributed by atoms with E-state index in [2.05, 4.69) is 50.8 Å². The molecular formula is C35H43NO3. The second-order valence-corrected chi connectivity index (χ2v) is 10.8. The number of fused-ring (bicyclic) bond motifs is 5. The maximum absolute atomic E-state index is 14.3. The highest BCUT2D eigenvalue weighted by Gasteiger charge is 2.23. The zero-order valence-corrected chi connectivity index (χ0v) is 24.4. The smallest absolute Gasteiger partial charge is 0.338 e. The molecule has 0 aromatic heterocycles. The van der Waals surface area contributed by atoms with Gasteiger partial charge in [0, 0.05) is 18.7 Å². The zero-order chi connectivity index (χ0) is 27.9. The zero-order valence-electron chi connectivity index (χ0n) is 24.4. The van der Waals surface area contributed by atoms with Crippen LogP contribution in [0.5, 0.6) is 0 Å². The Bertz CT molecular complexity index is 1470. The Kier molecular flexibility index (Phi) is 9.61. The molecule has 0 N–H and O–H groups in total. The Morgan fingerprint density at radius 3 is 1.72 bits per heavy atom. The fourth-order valence-electron chi connectivity index (χ4n) is 5.91. The Balaban J connectivity index is 1.94. The Morgan fingerprint density at radius 2 is 1.21 bits per heavy atom. The minimum Gasteiger partial charge on any atom is -0.465 e.